The summed E-state index contributed by atoms with van der Waals surface area (Å²) >= 11 is 0. The summed E-state index contributed by atoms with van der Waals surface area (Å²) in [5, 5.41) is 8.62. The van der Waals surface area contributed by atoms with Crippen molar-refractivity contribution in [3.8, 4) is 0 Å². The van der Waals surface area contributed by atoms with Gasteiger partial charge in [-0.25, -0.2) is 4.79 Å². The largest absolute Gasteiger partial charge is 0.444 e. The number of anilines is 1. The van der Waals surface area contributed by atoms with Gasteiger partial charge in [-0.05, 0) is 57.9 Å². The van der Waals surface area contributed by atoms with Gasteiger partial charge in [0, 0.05) is 31.4 Å². The van der Waals surface area contributed by atoms with Gasteiger partial charge in [0.05, 0.1) is 0 Å². The zero-order valence-corrected chi connectivity index (χ0v) is 14.6. The van der Waals surface area contributed by atoms with Gasteiger partial charge in [0.25, 0.3) is 5.91 Å². The predicted octanol–water partition coefficient (Wildman–Crippen LogP) is 2.68. The molecule has 0 aliphatic heterocycles. The summed E-state index contributed by atoms with van der Waals surface area (Å²) in [5.41, 5.74) is 2.15. The van der Waals surface area contributed by atoms with Gasteiger partial charge in [-0.3, -0.25) is 4.79 Å². The van der Waals surface area contributed by atoms with Crippen LogP contribution in [0.3, 0.4) is 0 Å². The summed E-state index contributed by atoms with van der Waals surface area (Å²) in [6.45, 7) is 8.71. The van der Waals surface area contributed by atoms with E-state index in [1.807, 2.05) is 39.8 Å². The van der Waals surface area contributed by atoms with Crippen LogP contribution < -0.4 is 16.0 Å². The molecule has 0 saturated heterocycles. The molecule has 0 unspecified atom stereocenters. The van der Waals surface area contributed by atoms with Crippen LogP contribution in [0.5, 0.6) is 0 Å². The molecular weight excluding hydrogens is 294 g/mol. The first-order chi connectivity index (χ1) is 10.7. The average molecular weight is 321 g/mol. The van der Waals surface area contributed by atoms with Crippen molar-refractivity contribution < 1.29 is 14.3 Å². The lowest BCUT2D eigenvalue weighted by Crippen LogP contribution is -2.33. The van der Waals surface area contributed by atoms with Crippen LogP contribution in [0, 0.1) is 6.92 Å². The first-order valence-electron chi connectivity index (χ1n) is 7.76. The average Bonchev–Trinajstić information content (AvgIpc) is 2.45. The van der Waals surface area contributed by atoms with E-state index in [-0.39, 0.29) is 5.91 Å². The Labute approximate surface area is 138 Å². The Hall–Kier alpha value is -2.24. The molecule has 0 fully saturated rings. The Morgan fingerprint density at radius 3 is 2.43 bits per heavy atom. The number of benzene rings is 1. The topological polar surface area (TPSA) is 79.5 Å². The van der Waals surface area contributed by atoms with Crippen LogP contribution in [-0.4, -0.2) is 37.7 Å². The summed E-state index contributed by atoms with van der Waals surface area (Å²) in [5.74, 6) is -0.0961. The number of rotatable bonds is 6. The fraction of sp³-hybridized carbons (Fsp3) is 0.529. The number of hydrogen-bond donors (Lipinski definition) is 3. The number of alkyl carbamates (subject to hydrolysis) is 1. The number of amides is 2. The molecule has 0 atom stereocenters. The maximum absolute atomic E-state index is 11.6. The lowest BCUT2D eigenvalue weighted by Gasteiger charge is -2.19. The zero-order chi connectivity index (χ0) is 17.5. The van der Waals surface area contributed by atoms with E-state index in [1.165, 1.54) is 0 Å². The molecule has 128 valence electrons. The molecule has 1 rings (SSSR count). The molecule has 6 nitrogen and oxygen atoms in total. The molecule has 23 heavy (non-hydrogen) atoms. The van der Waals surface area contributed by atoms with Crippen molar-refractivity contribution in [3.63, 3.8) is 0 Å². The molecule has 0 bridgehead atoms. The monoisotopic (exact) mass is 321 g/mol. The second kappa shape index (κ2) is 8.41. The maximum Gasteiger partial charge on any atom is 0.407 e. The van der Waals surface area contributed by atoms with E-state index in [2.05, 4.69) is 16.0 Å². The van der Waals surface area contributed by atoms with Crippen molar-refractivity contribution in [3.05, 3.63) is 29.3 Å². The van der Waals surface area contributed by atoms with Crippen molar-refractivity contribution in [2.75, 3.05) is 25.5 Å². The van der Waals surface area contributed by atoms with Crippen LogP contribution in [0.4, 0.5) is 10.5 Å². The van der Waals surface area contributed by atoms with Crippen molar-refractivity contribution in [2.24, 2.45) is 0 Å². The van der Waals surface area contributed by atoms with Crippen LogP contribution in [-0.2, 0) is 4.74 Å². The third-order valence-corrected chi connectivity index (χ3v) is 3.05. The Bertz CT molecular complexity index is 551. The quantitative estimate of drug-likeness (QED) is 0.704. The van der Waals surface area contributed by atoms with Gasteiger partial charge in [0.1, 0.15) is 5.60 Å². The summed E-state index contributed by atoms with van der Waals surface area (Å²) in [4.78, 5) is 23.0. The van der Waals surface area contributed by atoms with Crippen LogP contribution in [0.15, 0.2) is 18.2 Å². The molecule has 6 heteroatoms. The first-order valence-corrected chi connectivity index (χ1v) is 7.76. The Morgan fingerprint density at radius 2 is 1.87 bits per heavy atom. The Balaban J connectivity index is 2.34. The molecule has 0 heterocycles. The minimum absolute atomic E-state index is 0.0961. The summed E-state index contributed by atoms with van der Waals surface area (Å²) < 4.78 is 5.16. The van der Waals surface area contributed by atoms with E-state index < -0.39 is 11.7 Å². The van der Waals surface area contributed by atoms with E-state index in [4.69, 9.17) is 4.74 Å². The van der Waals surface area contributed by atoms with Crippen LogP contribution in [0.1, 0.15) is 43.1 Å². The van der Waals surface area contributed by atoms with Gasteiger partial charge < -0.3 is 20.7 Å². The molecule has 0 spiro atoms. The van der Waals surface area contributed by atoms with E-state index in [9.17, 15) is 9.59 Å². The highest BCUT2D eigenvalue weighted by molar-refractivity contribution is 5.94. The fourth-order valence-electron chi connectivity index (χ4n) is 1.96. The lowest BCUT2D eigenvalue weighted by atomic mass is 10.1. The fourth-order valence-corrected chi connectivity index (χ4v) is 1.96. The van der Waals surface area contributed by atoms with E-state index >= 15 is 0 Å². The highest BCUT2D eigenvalue weighted by atomic mass is 16.6. The van der Waals surface area contributed by atoms with Crippen molar-refractivity contribution >= 4 is 17.7 Å². The highest BCUT2D eigenvalue weighted by Crippen LogP contribution is 2.16. The lowest BCUT2D eigenvalue weighted by molar-refractivity contribution is 0.0527. The van der Waals surface area contributed by atoms with E-state index in [1.54, 1.807) is 13.1 Å². The van der Waals surface area contributed by atoms with E-state index in [0.29, 0.717) is 12.1 Å². The van der Waals surface area contributed by atoms with Gasteiger partial charge in [-0.1, -0.05) is 0 Å². The number of aryl methyl sites for hydroxylation is 1. The number of carbonyl (C=O) groups is 2. The van der Waals surface area contributed by atoms with Crippen LogP contribution >= 0.6 is 0 Å². The molecular formula is C17H27N3O3. The molecule has 1 aromatic rings. The van der Waals surface area contributed by atoms with Crippen LogP contribution in [0.25, 0.3) is 0 Å². The van der Waals surface area contributed by atoms with E-state index in [0.717, 1.165) is 24.2 Å². The minimum atomic E-state index is -0.480. The van der Waals surface area contributed by atoms with Crippen molar-refractivity contribution in [1.82, 2.24) is 10.6 Å². The third-order valence-electron chi connectivity index (χ3n) is 3.05. The number of ether oxygens (including phenoxy) is 1. The third kappa shape index (κ3) is 7.04. The Kier molecular flexibility index (Phi) is 6.88. The van der Waals surface area contributed by atoms with Crippen molar-refractivity contribution in [2.45, 2.75) is 39.7 Å². The SMILES string of the molecule is CNC(=O)c1ccc(NCCCNC(=O)OC(C)(C)C)c(C)c1. The second-order valence-corrected chi connectivity index (χ2v) is 6.32. The number of carbonyl (C=O) groups excluding carboxylic acids is 2. The molecule has 0 aliphatic carbocycles. The molecule has 0 saturated carbocycles. The van der Waals surface area contributed by atoms with Crippen molar-refractivity contribution in [1.29, 1.82) is 0 Å². The van der Waals surface area contributed by atoms with Gasteiger partial charge in [0.2, 0.25) is 0 Å². The minimum Gasteiger partial charge on any atom is -0.444 e. The number of hydrogen-bond acceptors (Lipinski definition) is 4. The number of nitrogens with one attached hydrogen (secondary N) is 3. The summed E-state index contributed by atoms with van der Waals surface area (Å²) in [6, 6.07) is 5.52. The molecule has 1 aromatic carbocycles. The smallest absolute Gasteiger partial charge is 0.407 e. The molecule has 3 N–H and O–H groups in total. The zero-order valence-electron chi connectivity index (χ0n) is 14.6. The van der Waals surface area contributed by atoms with Gasteiger partial charge in [0.15, 0.2) is 0 Å². The summed E-state index contributed by atoms with van der Waals surface area (Å²) in [6.07, 6.45) is 0.374. The standard InChI is InChI=1S/C17H27N3O3/c1-12-11-13(15(21)18-5)7-8-14(12)19-9-6-10-20-16(22)23-17(2,3)4/h7-8,11,19H,6,9-10H2,1-5H3,(H,18,21)(H,20,22). The molecule has 0 aliphatic rings. The highest BCUT2D eigenvalue weighted by Gasteiger charge is 2.15. The van der Waals surface area contributed by atoms with Gasteiger partial charge in [-0.15, -0.1) is 0 Å². The molecule has 0 aromatic heterocycles. The Morgan fingerprint density at radius 1 is 1.17 bits per heavy atom. The summed E-state index contributed by atoms with van der Waals surface area (Å²) in [7, 11) is 1.61. The molecule has 2 amide bonds. The predicted molar refractivity (Wildman–Crippen MR) is 91.9 cm³/mol. The van der Waals surface area contributed by atoms with Gasteiger partial charge >= 0.3 is 6.09 Å². The normalized spacial score (nSPS) is 10.8. The van der Waals surface area contributed by atoms with Crippen LogP contribution in [0.2, 0.25) is 0 Å². The first kappa shape index (κ1) is 18.8. The maximum atomic E-state index is 11.6. The second-order valence-electron chi connectivity index (χ2n) is 6.32. The molecule has 0 radical (unpaired) electrons. The van der Waals surface area contributed by atoms with Gasteiger partial charge in [-0.2, -0.15) is 0 Å².